The van der Waals surface area contributed by atoms with E-state index < -0.39 is 0 Å². The quantitative estimate of drug-likeness (QED) is 0.795. The average Bonchev–Trinajstić information content (AvgIpc) is 3.19. The molecule has 6 rings (SSSR count). The number of carbonyl (C=O) groups is 2. The zero-order valence-corrected chi connectivity index (χ0v) is 16.5. The highest BCUT2D eigenvalue weighted by atomic mass is 16.2. The van der Waals surface area contributed by atoms with E-state index in [2.05, 4.69) is 15.5 Å². The van der Waals surface area contributed by atoms with Gasteiger partial charge in [-0.1, -0.05) is 0 Å². The Morgan fingerprint density at radius 1 is 1.00 bits per heavy atom. The van der Waals surface area contributed by atoms with Crippen LogP contribution in [0.15, 0.2) is 0 Å². The molecular weight excluding hydrogens is 338 g/mol. The first-order valence-corrected chi connectivity index (χ1v) is 11.4. The lowest BCUT2D eigenvalue weighted by Crippen LogP contribution is -2.56. The van der Waals surface area contributed by atoms with Crippen LogP contribution in [0, 0.1) is 29.1 Å². The van der Waals surface area contributed by atoms with Gasteiger partial charge in [0.15, 0.2) is 0 Å². The molecule has 0 spiro atoms. The van der Waals surface area contributed by atoms with Crippen LogP contribution in [0.25, 0.3) is 0 Å². The van der Waals surface area contributed by atoms with Gasteiger partial charge >= 0.3 is 0 Å². The standard InChI is InChI=1S/C22H35N3O2/c26-20(19-4-1-5-23-19)24-13-15-3-2-6-25(14-15)21(27)22-10-16-7-17(11-22)9-18(8-16)12-22/h15-19,23H,1-14H2,(H,24,26). The zero-order valence-electron chi connectivity index (χ0n) is 16.5. The van der Waals surface area contributed by atoms with Crippen LogP contribution >= 0.6 is 0 Å². The lowest BCUT2D eigenvalue weighted by Gasteiger charge is -2.57. The zero-order chi connectivity index (χ0) is 18.4. The fourth-order valence-electron chi connectivity index (χ4n) is 7.40. The van der Waals surface area contributed by atoms with Crippen molar-refractivity contribution in [1.29, 1.82) is 0 Å². The molecule has 0 aromatic heterocycles. The number of nitrogens with one attached hydrogen (secondary N) is 2. The summed E-state index contributed by atoms with van der Waals surface area (Å²) < 4.78 is 0. The summed E-state index contributed by atoms with van der Waals surface area (Å²) in [7, 11) is 0. The Labute approximate surface area is 163 Å². The van der Waals surface area contributed by atoms with E-state index in [1.807, 2.05) is 0 Å². The lowest BCUT2D eigenvalue weighted by atomic mass is 9.49. The van der Waals surface area contributed by atoms with Gasteiger partial charge in [0.25, 0.3) is 0 Å². The van der Waals surface area contributed by atoms with Crippen LogP contribution in [0.3, 0.4) is 0 Å². The van der Waals surface area contributed by atoms with Crippen molar-refractivity contribution >= 4 is 11.8 Å². The molecule has 4 bridgehead atoms. The molecule has 5 heteroatoms. The summed E-state index contributed by atoms with van der Waals surface area (Å²) in [4.78, 5) is 28.0. The minimum Gasteiger partial charge on any atom is -0.354 e. The Bertz CT molecular complexity index is 563. The van der Waals surface area contributed by atoms with Gasteiger partial charge in [0.2, 0.25) is 11.8 Å². The molecule has 2 unspecified atom stereocenters. The van der Waals surface area contributed by atoms with Crippen LogP contribution in [-0.2, 0) is 9.59 Å². The number of likely N-dealkylation sites (tertiary alicyclic amines) is 1. The minimum atomic E-state index is -0.0202. The molecule has 6 aliphatic rings. The molecule has 2 atom stereocenters. The number of carbonyl (C=O) groups excluding carboxylic acids is 2. The molecule has 0 radical (unpaired) electrons. The first-order chi connectivity index (χ1) is 13.1. The molecule has 0 aromatic carbocycles. The van der Waals surface area contributed by atoms with Crippen LogP contribution in [0.2, 0.25) is 0 Å². The van der Waals surface area contributed by atoms with E-state index >= 15 is 0 Å². The molecule has 2 aliphatic heterocycles. The van der Waals surface area contributed by atoms with Crippen LogP contribution in [0.1, 0.15) is 64.2 Å². The number of amides is 2. The number of rotatable bonds is 4. The third-order valence-corrected chi connectivity index (χ3v) is 8.24. The van der Waals surface area contributed by atoms with E-state index in [1.54, 1.807) is 0 Å². The van der Waals surface area contributed by atoms with Crippen molar-refractivity contribution in [1.82, 2.24) is 15.5 Å². The van der Waals surface area contributed by atoms with E-state index in [0.29, 0.717) is 11.8 Å². The van der Waals surface area contributed by atoms with Crippen molar-refractivity contribution in [2.75, 3.05) is 26.2 Å². The minimum absolute atomic E-state index is 0.00153. The molecule has 2 saturated heterocycles. The summed E-state index contributed by atoms with van der Waals surface area (Å²) in [6.07, 6.45) is 11.9. The van der Waals surface area contributed by atoms with Crippen molar-refractivity contribution in [2.45, 2.75) is 70.3 Å². The number of hydrogen-bond donors (Lipinski definition) is 2. The Morgan fingerprint density at radius 2 is 1.70 bits per heavy atom. The molecule has 4 saturated carbocycles. The van der Waals surface area contributed by atoms with E-state index in [-0.39, 0.29) is 17.4 Å². The predicted octanol–water partition coefficient (Wildman–Crippen LogP) is 2.31. The van der Waals surface area contributed by atoms with Gasteiger partial charge in [0, 0.05) is 19.6 Å². The molecule has 6 fully saturated rings. The van der Waals surface area contributed by atoms with Crippen molar-refractivity contribution in [3.05, 3.63) is 0 Å². The highest BCUT2D eigenvalue weighted by molar-refractivity contribution is 5.83. The van der Waals surface area contributed by atoms with E-state index in [1.165, 1.54) is 19.3 Å². The molecule has 2 heterocycles. The molecule has 0 aromatic rings. The second-order valence-corrected chi connectivity index (χ2v) is 10.4. The Kier molecular flexibility index (Phi) is 4.69. The summed E-state index contributed by atoms with van der Waals surface area (Å²) >= 11 is 0. The van der Waals surface area contributed by atoms with Gasteiger partial charge in [-0.2, -0.15) is 0 Å². The maximum Gasteiger partial charge on any atom is 0.237 e. The van der Waals surface area contributed by atoms with Crippen molar-refractivity contribution in [2.24, 2.45) is 29.1 Å². The highest BCUT2D eigenvalue weighted by Gasteiger charge is 2.55. The first-order valence-electron chi connectivity index (χ1n) is 11.4. The summed E-state index contributed by atoms with van der Waals surface area (Å²) in [6.45, 7) is 3.45. The largest absolute Gasteiger partial charge is 0.354 e. The SMILES string of the molecule is O=C(NCC1CCCN(C(=O)C23CC4CC(CC(C4)C2)C3)C1)C1CCCN1. The highest BCUT2D eigenvalue weighted by Crippen LogP contribution is 2.60. The van der Waals surface area contributed by atoms with Gasteiger partial charge in [-0.15, -0.1) is 0 Å². The van der Waals surface area contributed by atoms with Crippen LogP contribution in [0.4, 0.5) is 0 Å². The Balaban J connectivity index is 1.18. The van der Waals surface area contributed by atoms with Crippen molar-refractivity contribution in [3.8, 4) is 0 Å². The number of hydrogen-bond acceptors (Lipinski definition) is 3. The molecule has 5 nitrogen and oxygen atoms in total. The topological polar surface area (TPSA) is 61.4 Å². The van der Waals surface area contributed by atoms with Gasteiger partial charge in [-0.3, -0.25) is 9.59 Å². The second-order valence-electron chi connectivity index (χ2n) is 10.4. The van der Waals surface area contributed by atoms with E-state index in [4.69, 9.17) is 0 Å². The average molecular weight is 374 g/mol. The fraction of sp³-hybridized carbons (Fsp3) is 0.909. The second kappa shape index (κ2) is 7.06. The Morgan fingerprint density at radius 3 is 2.33 bits per heavy atom. The summed E-state index contributed by atoms with van der Waals surface area (Å²) in [6, 6.07) is -0.00153. The molecule has 150 valence electrons. The predicted molar refractivity (Wildman–Crippen MR) is 104 cm³/mol. The van der Waals surface area contributed by atoms with Gasteiger partial charge < -0.3 is 15.5 Å². The summed E-state index contributed by atoms with van der Waals surface area (Å²) in [5.74, 6) is 3.49. The normalized spacial score (nSPS) is 43.1. The maximum atomic E-state index is 13.6. The molecule has 4 aliphatic carbocycles. The van der Waals surface area contributed by atoms with Gasteiger partial charge in [0.05, 0.1) is 11.5 Å². The maximum absolute atomic E-state index is 13.6. The van der Waals surface area contributed by atoms with Gasteiger partial charge in [-0.05, 0) is 94.4 Å². The smallest absolute Gasteiger partial charge is 0.237 e. The summed E-state index contributed by atoms with van der Waals surface area (Å²) in [5.41, 5.74) is -0.0202. The monoisotopic (exact) mass is 373 g/mol. The molecule has 27 heavy (non-hydrogen) atoms. The van der Waals surface area contributed by atoms with Crippen LogP contribution < -0.4 is 10.6 Å². The van der Waals surface area contributed by atoms with Crippen molar-refractivity contribution in [3.63, 3.8) is 0 Å². The molecular formula is C22H35N3O2. The van der Waals surface area contributed by atoms with Crippen LogP contribution in [-0.4, -0.2) is 48.9 Å². The number of nitrogens with zero attached hydrogens (tertiary/aromatic N) is 1. The van der Waals surface area contributed by atoms with Gasteiger partial charge in [0.1, 0.15) is 0 Å². The van der Waals surface area contributed by atoms with Crippen LogP contribution in [0.5, 0.6) is 0 Å². The van der Waals surface area contributed by atoms with E-state index in [0.717, 1.165) is 88.9 Å². The third-order valence-electron chi connectivity index (χ3n) is 8.24. The third kappa shape index (κ3) is 3.41. The molecule has 2 N–H and O–H groups in total. The number of piperidine rings is 1. The summed E-state index contributed by atoms with van der Waals surface area (Å²) in [5, 5.41) is 6.42. The van der Waals surface area contributed by atoms with Crippen molar-refractivity contribution < 1.29 is 9.59 Å². The first kappa shape index (κ1) is 18.0. The fourth-order valence-corrected chi connectivity index (χ4v) is 7.40. The van der Waals surface area contributed by atoms with Gasteiger partial charge in [-0.25, -0.2) is 0 Å². The molecule has 2 amide bonds. The lowest BCUT2D eigenvalue weighted by molar-refractivity contribution is -0.159. The van der Waals surface area contributed by atoms with E-state index in [9.17, 15) is 9.59 Å². The Hall–Kier alpha value is -1.10.